The molecule has 6 heteroatoms. The maximum Gasteiger partial charge on any atom is 0.329 e. The number of aryl methyl sites for hydroxylation is 1. The van der Waals surface area contributed by atoms with E-state index in [0.29, 0.717) is 11.7 Å². The molecule has 0 aliphatic carbocycles. The van der Waals surface area contributed by atoms with Gasteiger partial charge in [0.1, 0.15) is 9.98 Å². The normalized spacial score (nSPS) is 11.2. The molecule has 0 bridgehead atoms. The third-order valence-electron chi connectivity index (χ3n) is 2.83. The van der Waals surface area contributed by atoms with Crippen molar-refractivity contribution in [2.24, 2.45) is 7.05 Å². The zero-order chi connectivity index (χ0) is 12.7. The standard InChI is InChI=1S/C12H10ClN3OS/c1-15-11-9(5-6-18-11)16(12(15)17)7-8-3-2-4-10(13)14-8/h2-6H,7H2,1H3. The minimum absolute atomic E-state index is 0.0291. The number of imidazole rings is 1. The van der Waals surface area contributed by atoms with Crippen molar-refractivity contribution in [2.75, 3.05) is 0 Å². The molecule has 0 aliphatic heterocycles. The van der Waals surface area contributed by atoms with E-state index in [1.54, 1.807) is 33.6 Å². The molecule has 3 heterocycles. The molecule has 3 aromatic heterocycles. The average Bonchev–Trinajstić information content (AvgIpc) is 2.89. The van der Waals surface area contributed by atoms with Crippen molar-refractivity contribution in [1.82, 2.24) is 14.1 Å². The summed E-state index contributed by atoms with van der Waals surface area (Å²) in [5, 5.41) is 2.42. The first kappa shape index (κ1) is 11.5. The number of hydrogen-bond donors (Lipinski definition) is 0. The van der Waals surface area contributed by atoms with E-state index >= 15 is 0 Å². The van der Waals surface area contributed by atoms with Crippen molar-refractivity contribution in [3.05, 3.63) is 51.0 Å². The summed E-state index contributed by atoms with van der Waals surface area (Å²) in [6.45, 7) is 0.438. The smallest absolute Gasteiger partial charge is 0.286 e. The molecule has 0 atom stereocenters. The first-order chi connectivity index (χ1) is 8.66. The van der Waals surface area contributed by atoms with Crippen LogP contribution in [0.2, 0.25) is 5.15 Å². The molecule has 3 aromatic rings. The highest BCUT2D eigenvalue weighted by Crippen LogP contribution is 2.19. The van der Waals surface area contributed by atoms with E-state index in [0.717, 1.165) is 16.0 Å². The maximum absolute atomic E-state index is 12.1. The fourth-order valence-electron chi connectivity index (χ4n) is 1.98. The molecule has 0 amide bonds. The SMILES string of the molecule is Cn1c(=O)n(Cc2cccc(Cl)n2)c2ccsc21. The lowest BCUT2D eigenvalue weighted by molar-refractivity contribution is 0.722. The Morgan fingerprint density at radius 1 is 1.39 bits per heavy atom. The Morgan fingerprint density at radius 3 is 3.00 bits per heavy atom. The average molecular weight is 280 g/mol. The van der Waals surface area contributed by atoms with Crippen LogP contribution in [0.1, 0.15) is 5.69 Å². The number of halogens is 1. The summed E-state index contributed by atoms with van der Waals surface area (Å²) in [7, 11) is 1.78. The Morgan fingerprint density at radius 2 is 2.22 bits per heavy atom. The summed E-state index contributed by atoms with van der Waals surface area (Å²) in [4.78, 5) is 17.3. The van der Waals surface area contributed by atoms with Gasteiger partial charge in [0.05, 0.1) is 17.8 Å². The number of thiophene rings is 1. The third kappa shape index (κ3) is 1.76. The molecule has 0 aromatic carbocycles. The van der Waals surface area contributed by atoms with Gasteiger partial charge >= 0.3 is 5.69 Å². The van der Waals surface area contributed by atoms with Crippen LogP contribution in [0.15, 0.2) is 34.4 Å². The third-order valence-corrected chi connectivity index (χ3v) is 4.02. The van der Waals surface area contributed by atoms with Crippen molar-refractivity contribution in [3.63, 3.8) is 0 Å². The minimum Gasteiger partial charge on any atom is -0.286 e. The largest absolute Gasteiger partial charge is 0.329 e. The molecule has 3 rings (SSSR count). The van der Waals surface area contributed by atoms with Crippen LogP contribution in [0.25, 0.3) is 10.3 Å². The van der Waals surface area contributed by atoms with Gasteiger partial charge in [-0.15, -0.1) is 11.3 Å². The van der Waals surface area contributed by atoms with Crippen LogP contribution in [0.5, 0.6) is 0 Å². The molecule has 0 N–H and O–H groups in total. The molecular formula is C12H10ClN3OS. The molecule has 92 valence electrons. The van der Waals surface area contributed by atoms with Crippen LogP contribution < -0.4 is 5.69 Å². The Bertz CT molecular complexity index is 771. The minimum atomic E-state index is -0.0291. The summed E-state index contributed by atoms with van der Waals surface area (Å²) in [5.74, 6) is 0. The van der Waals surface area contributed by atoms with Crippen LogP contribution >= 0.6 is 22.9 Å². The zero-order valence-electron chi connectivity index (χ0n) is 9.63. The predicted molar refractivity (Wildman–Crippen MR) is 73.4 cm³/mol. The van der Waals surface area contributed by atoms with Gasteiger partial charge in [-0.3, -0.25) is 9.13 Å². The summed E-state index contributed by atoms with van der Waals surface area (Å²) >= 11 is 7.41. The molecule has 0 saturated heterocycles. The Labute approximate surface area is 112 Å². The molecule has 0 radical (unpaired) electrons. The van der Waals surface area contributed by atoms with Gasteiger partial charge in [-0.25, -0.2) is 9.78 Å². The lowest BCUT2D eigenvalue weighted by Gasteiger charge is -2.02. The lowest BCUT2D eigenvalue weighted by Crippen LogP contribution is -2.23. The summed E-state index contributed by atoms with van der Waals surface area (Å²) in [6.07, 6.45) is 0. The number of rotatable bonds is 2. The van der Waals surface area contributed by atoms with Gasteiger partial charge in [-0.05, 0) is 23.6 Å². The summed E-state index contributed by atoms with van der Waals surface area (Å²) < 4.78 is 3.37. The number of hydrogen-bond acceptors (Lipinski definition) is 3. The molecule has 0 spiro atoms. The van der Waals surface area contributed by atoms with Gasteiger partial charge in [0, 0.05) is 7.05 Å². The molecule has 4 nitrogen and oxygen atoms in total. The monoisotopic (exact) mass is 279 g/mol. The van der Waals surface area contributed by atoms with Gasteiger partial charge in [-0.2, -0.15) is 0 Å². The Kier molecular flexibility index (Phi) is 2.72. The number of pyridine rings is 1. The van der Waals surface area contributed by atoms with Crippen molar-refractivity contribution >= 4 is 33.3 Å². The quantitative estimate of drug-likeness (QED) is 0.676. The van der Waals surface area contributed by atoms with Crippen molar-refractivity contribution in [2.45, 2.75) is 6.54 Å². The van der Waals surface area contributed by atoms with E-state index in [-0.39, 0.29) is 5.69 Å². The van der Waals surface area contributed by atoms with Gasteiger partial charge in [0.25, 0.3) is 0 Å². The highest BCUT2D eigenvalue weighted by molar-refractivity contribution is 7.16. The van der Waals surface area contributed by atoms with Gasteiger partial charge in [-0.1, -0.05) is 17.7 Å². The lowest BCUT2D eigenvalue weighted by atomic mass is 10.3. The van der Waals surface area contributed by atoms with Crippen LogP contribution in [-0.4, -0.2) is 14.1 Å². The van der Waals surface area contributed by atoms with E-state index in [1.165, 1.54) is 0 Å². The van der Waals surface area contributed by atoms with E-state index in [9.17, 15) is 4.79 Å². The van der Waals surface area contributed by atoms with Crippen molar-refractivity contribution in [3.8, 4) is 0 Å². The van der Waals surface area contributed by atoms with Crippen LogP contribution in [-0.2, 0) is 13.6 Å². The summed E-state index contributed by atoms with van der Waals surface area (Å²) in [6, 6.07) is 7.37. The van der Waals surface area contributed by atoms with Crippen LogP contribution in [0.3, 0.4) is 0 Å². The molecule has 0 unspecified atom stereocenters. The van der Waals surface area contributed by atoms with E-state index < -0.39 is 0 Å². The molecule has 18 heavy (non-hydrogen) atoms. The van der Waals surface area contributed by atoms with E-state index in [4.69, 9.17) is 11.6 Å². The van der Waals surface area contributed by atoms with Crippen LogP contribution in [0.4, 0.5) is 0 Å². The fraction of sp³-hybridized carbons (Fsp3) is 0.167. The molecular weight excluding hydrogens is 270 g/mol. The number of aromatic nitrogens is 3. The molecule has 0 aliphatic rings. The highest BCUT2D eigenvalue weighted by Gasteiger charge is 2.12. The van der Waals surface area contributed by atoms with Crippen molar-refractivity contribution in [1.29, 1.82) is 0 Å². The summed E-state index contributed by atoms with van der Waals surface area (Å²) in [5.41, 5.74) is 1.69. The Balaban J connectivity index is 2.12. The molecule has 0 saturated carbocycles. The van der Waals surface area contributed by atoms with Crippen LogP contribution in [0, 0.1) is 0 Å². The topological polar surface area (TPSA) is 39.8 Å². The second-order valence-electron chi connectivity index (χ2n) is 3.99. The van der Waals surface area contributed by atoms with Gasteiger partial charge in [0.15, 0.2) is 0 Å². The fourth-order valence-corrected chi connectivity index (χ4v) is 3.02. The highest BCUT2D eigenvalue weighted by atomic mass is 35.5. The first-order valence-electron chi connectivity index (χ1n) is 5.41. The van der Waals surface area contributed by atoms with E-state index in [1.807, 2.05) is 23.6 Å². The number of fused-ring (bicyclic) bond motifs is 1. The Hall–Kier alpha value is -1.59. The maximum atomic E-state index is 12.1. The van der Waals surface area contributed by atoms with Gasteiger partial charge < -0.3 is 0 Å². The second-order valence-corrected chi connectivity index (χ2v) is 5.27. The second kappa shape index (κ2) is 4.26. The molecule has 0 fully saturated rings. The van der Waals surface area contributed by atoms with Gasteiger partial charge in [0.2, 0.25) is 0 Å². The zero-order valence-corrected chi connectivity index (χ0v) is 11.2. The first-order valence-corrected chi connectivity index (χ1v) is 6.67. The predicted octanol–water partition coefficient (Wildman–Crippen LogP) is 2.50. The number of nitrogens with zero attached hydrogens (tertiary/aromatic N) is 3. The van der Waals surface area contributed by atoms with Crippen molar-refractivity contribution < 1.29 is 0 Å². The van der Waals surface area contributed by atoms with E-state index in [2.05, 4.69) is 4.98 Å².